The Morgan fingerprint density at radius 3 is 2.44 bits per heavy atom. The van der Waals surface area contributed by atoms with Crippen LogP contribution in [0, 0.1) is 17.1 Å². The molecule has 2 aromatic carbocycles. The molecule has 1 N–H and O–H groups in total. The van der Waals surface area contributed by atoms with Gasteiger partial charge in [0.25, 0.3) is 0 Å². The van der Waals surface area contributed by atoms with Gasteiger partial charge in [0.2, 0.25) is 0 Å². The molecule has 0 radical (unpaired) electrons. The van der Waals surface area contributed by atoms with E-state index in [4.69, 9.17) is 10.00 Å². The molecule has 0 saturated carbocycles. The van der Waals surface area contributed by atoms with Crippen molar-refractivity contribution in [1.82, 2.24) is 10.2 Å². The largest absolute Gasteiger partial charge is 0.488 e. The number of para-hydroxylation sites is 1. The molecule has 1 atom stereocenters. The Labute approximate surface area is 144 Å². The van der Waals surface area contributed by atoms with Gasteiger partial charge in [0.05, 0.1) is 6.04 Å². The van der Waals surface area contributed by atoms with E-state index in [2.05, 4.69) is 15.5 Å². The molecule has 0 aliphatic carbocycles. The first-order valence-corrected chi connectivity index (χ1v) is 7.69. The van der Waals surface area contributed by atoms with Crippen LogP contribution in [-0.2, 0) is 0 Å². The number of benzene rings is 2. The van der Waals surface area contributed by atoms with Gasteiger partial charge >= 0.3 is 0 Å². The second-order valence-electron chi connectivity index (χ2n) is 5.26. The highest BCUT2D eigenvalue weighted by atomic mass is 19.1. The predicted octanol–water partition coefficient (Wildman–Crippen LogP) is 3.72. The average molecular weight is 334 g/mol. The highest BCUT2D eigenvalue weighted by Crippen LogP contribution is 2.22. The third kappa shape index (κ3) is 4.30. The molecule has 0 aliphatic heterocycles. The molecule has 0 amide bonds. The summed E-state index contributed by atoms with van der Waals surface area (Å²) >= 11 is 0. The summed E-state index contributed by atoms with van der Waals surface area (Å²) in [4.78, 5) is 0. The molecule has 25 heavy (non-hydrogen) atoms. The van der Waals surface area contributed by atoms with E-state index in [-0.39, 0.29) is 24.1 Å². The fraction of sp³-hybridized carbons (Fsp3) is 0.105. The van der Waals surface area contributed by atoms with Crippen LogP contribution in [0.1, 0.15) is 17.3 Å². The van der Waals surface area contributed by atoms with Crippen LogP contribution in [0.5, 0.6) is 5.75 Å². The van der Waals surface area contributed by atoms with Gasteiger partial charge in [-0.3, -0.25) is 0 Å². The van der Waals surface area contributed by atoms with Crippen LogP contribution in [0.15, 0.2) is 66.7 Å². The third-order valence-electron chi connectivity index (χ3n) is 3.55. The molecule has 0 aliphatic rings. The molecule has 0 bridgehead atoms. The zero-order valence-corrected chi connectivity index (χ0v) is 13.3. The zero-order valence-electron chi connectivity index (χ0n) is 13.3. The van der Waals surface area contributed by atoms with Crippen molar-refractivity contribution < 1.29 is 9.13 Å². The fourth-order valence-electron chi connectivity index (χ4n) is 2.29. The van der Waals surface area contributed by atoms with E-state index < -0.39 is 5.82 Å². The number of hydrogen-bond acceptors (Lipinski definition) is 5. The lowest BCUT2D eigenvalue weighted by molar-refractivity contribution is 0.284. The molecule has 3 aromatic rings. The first-order chi connectivity index (χ1) is 12.3. The lowest BCUT2D eigenvalue weighted by Gasteiger charge is -2.20. The predicted molar refractivity (Wildman–Crippen MR) is 91.4 cm³/mol. The van der Waals surface area contributed by atoms with Gasteiger partial charge in [-0.05, 0) is 29.8 Å². The Morgan fingerprint density at radius 1 is 1.00 bits per heavy atom. The molecular weight excluding hydrogens is 319 g/mol. The standard InChI is InChI=1S/C19H15FN4O/c20-16-8-4-5-9-18(16)25-13-17(14-6-2-1-3-7-14)22-19-11-10-15(12-21)23-24-19/h1-11,17H,13H2,(H,22,24). The van der Waals surface area contributed by atoms with E-state index in [9.17, 15) is 4.39 Å². The summed E-state index contributed by atoms with van der Waals surface area (Å²) in [5, 5.41) is 19.8. The summed E-state index contributed by atoms with van der Waals surface area (Å²) < 4.78 is 19.4. The Morgan fingerprint density at radius 2 is 1.76 bits per heavy atom. The number of rotatable bonds is 6. The van der Waals surface area contributed by atoms with Crippen LogP contribution < -0.4 is 10.1 Å². The van der Waals surface area contributed by atoms with Gasteiger partial charge in [0.15, 0.2) is 17.3 Å². The topological polar surface area (TPSA) is 70.8 Å². The van der Waals surface area contributed by atoms with Gasteiger partial charge in [0.1, 0.15) is 18.5 Å². The quantitative estimate of drug-likeness (QED) is 0.744. The van der Waals surface area contributed by atoms with E-state index >= 15 is 0 Å². The Balaban J connectivity index is 1.78. The minimum Gasteiger partial charge on any atom is -0.488 e. The van der Waals surface area contributed by atoms with Crippen molar-refractivity contribution in [2.75, 3.05) is 11.9 Å². The molecule has 0 fully saturated rings. The van der Waals surface area contributed by atoms with Crippen molar-refractivity contribution in [3.05, 3.63) is 83.8 Å². The van der Waals surface area contributed by atoms with Gasteiger partial charge in [-0.1, -0.05) is 42.5 Å². The van der Waals surface area contributed by atoms with Gasteiger partial charge in [0, 0.05) is 0 Å². The number of aromatic nitrogens is 2. The fourth-order valence-corrected chi connectivity index (χ4v) is 2.29. The number of anilines is 1. The van der Waals surface area contributed by atoms with Crippen molar-refractivity contribution in [1.29, 1.82) is 5.26 Å². The first kappa shape index (κ1) is 16.4. The minimum absolute atomic E-state index is 0.191. The molecule has 124 valence electrons. The summed E-state index contributed by atoms with van der Waals surface area (Å²) in [5.41, 5.74) is 1.20. The normalized spacial score (nSPS) is 11.4. The maximum atomic E-state index is 13.8. The van der Waals surface area contributed by atoms with Gasteiger partial charge in [-0.2, -0.15) is 5.26 Å². The van der Waals surface area contributed by atoms with E-state index in [0.29, 0.717) is 5.82 Å². The molecule has 1 aromatic heterocycles. The van der Waals surface area contributed by atoms with Crippen LogP contribution in [-0.4, -0.2) is 16.8 Å². The molecule has 3 rings (SSSR count). The molecule has 1 heterocycles. The lowest BCUT2D eigenvalue weighted by Crippen LogP contribution is -2.20. The third-order valence-corrected chi connectivity index (χ3v) is 3.55. The maximum absolute atomic E-state index is 13.8. The highest BCUT2D eigenvalue weighted by molar-refractivity contribution is 5.39. The van der Waals surface area contributed by atoms with Gasteiger partial charge in [-0.15, -0.1) is 10.2 Å². The lowest BCUT2D eigenvalue weighted by atomic mass is 10.1. The number of hydrogen-bond donors (Lipinski definition) is 1. The average Bonchev–Trinajstić information content (AvgIpc) is 2.67. The molecule has 6 heteroatoms. The summed E-state index contributed by atoms with van der Waals surface area (Å²) in [6.45, 7) is 0.201. The molecular formula is C19H15FN4O. The second-order valence-corrected chi connectivity index (χ2v) is 5.26. The van der Waals surface area contributed by atoms with Crippen LogP contribution in [0.3, 0.4) is 0 Å². The summed E-state index contributed by atoms with van der Waals surface area (Å²) in [7, 11) is 0. The van der Waals surface area contributed by atoms with Crippen molar-refractivity contribution in [3.63, 3.8) is 0 Å². The number of halogens is 1. The molecule has 0 saturated heterocycles. The van der Waals surface area contributed by atoms with Crippen molar-refractivity contribution in [2.24, 2.45) is 0 Å². The van der Waals surface area contributed by atoms with E-state index in [1.165, 1.54) is 6.07 Å². The van der Waals surface area contributed by atoms with Crippen LogP contribution in [0.25, 0.3) is 0 Å². The maximum Gasteiger partial charge on any atom is 0.165 e. The van der Waals surface area contributed by atoms with E-state index in [1.54, 1.807) is 30.3 Å². The Bertz CT molecular complexity index is 863. The highest BCUT2D eigenvalue weighted by Gasteiger charge is 2.14. The monoisotopic (exact) mass is 334 g/mol. The van der Waals surface area contributed by atoms with Crippen molar-refractivity contribution in [2.45, 2.75) is 6.04 Å². The van der Waals surface area contributed by atoms with Crippen molar-refractivity contribution in [3.8, 4) is 11.8 Å². The Kier molecular flexibility index (Phi) is 5.17. The number of nitriles is 1. The SMILES string of the molecule is N#Cc1ccc(NC(COc2ccccc2F)c2ccccc2)nn1. The number of nitrogens with one attached hydrogen (secondary N) is 1. The number of nitrogens with zero attached hydrogens (tertiary/aromatic N) is 3. The second kappa shape index (κ2) is 7.88. The van der Waals surface area contributed by atoms with Crippen LogP contribution in [0.2, 0.25) is 0 Å². The summed E-state index contributed by atoms with van der Waals surface area (Å²) in [6, 6.07) is 20.8. The minimum atomic E-state index is -0.410. The number of ether oxygens (including phenoxy) is 1. The van der Waals surface area contributed by atoms with Crippen LogP contribution >= 0.6 is 0 Å². The Hall–Kier alpha value is -3.46. The van der Waals surface area contributed by atoms with Crippen molar-refractivity contribution >= 4 is 5.82 Å². The molecule has 1 unspecified atom stereocenters. The smallest absolute Gasteiger partial charge is 0.165 e. The van der Waals surface area contributed by atoms with E-state index in [0.717, 1.165) is 5.56 Å². The van der Waals surface area contributed by atoms with Crippen LogP contribution in [0.4, 0.5) is 10.2 Å². The van der Waals surface area contributed by atoms with Gasteiger partial charge < -0.3 is 10.1 Å². The van der Waals surface area contributed by atoms with Gasteiger partial charge in [-0.25, -0.2) is 4.39 Å². The molecule has 0 spiro atoms. The van der Waals surface area contributed by atoms with E-state index in [1.807, 2.05) is 36.4 Å². The zero-order chi connectivity index (χ0) is 17.5. The first-order valence-electron chi connectivity index (χ1n) is 7.69. The summed E-state index contributed by atoms with van der Waals surface area (Å²) in [5.74, 6) is 0.286. The summed E-state index contributed by atoms with van der Waals surface area (Å²) in [6.07, 6.45) is 0. The molecule has 5 nitrogen and oxygen atoms in total.